The van der Waals surface area contributed by atoms with Crippen LogP contribution in [0.15, 0.2) is 34.8 Å². The van der Waals surface area contributed by atoms with Crippen LogP contribution < -0.4 is 10.5 Å². The van der Waals surface area contributed by atoms with E-state index in [0.29, 0.717) is 6.61 Å². The van der Waals surface area contributed by atoms with Crippen LogP contribution >= 0.6 is 27.3 Å². The van der Waals surface area contributed by atoms with E-state index >= 15 is 0 Å². The first-order chi connectivity index (χ1) is 8.61. The van der Waals surface area contributed by atoms with Gasteiger partial charge in [0.05, 0.1) is 12.6 Å². The highest BCUT2D eigenvalue weighted by Gasteiger charge is 2.13. The van der Waals surface area contributed by atoms with Crippen LogP contribution in [0.3, 0.4) is 0 Å². The number of ether oxygens (including phenoxy) is 1. The van der Waals surface area contributed by atoms with Crippen LogP contribution in [0.25, 0.3) is 0 Å². The molecule has 1 unspecified atom stereocenters. The molecule has 2 nitrogen and oxygen atoms in total. The van der Waals surface area contributed by atoms with Crippen LogP contribution in [0, 0.1) is 6.92 Å². The van der Waals surface area contributed by atoms with E-state index in [4.69, 9.17) is 10.5 Å². The Kier molecular flexibility index (Phi) is 4.43. The molecule has 2 rings (SSSR count). The Balaban J connectivity index is 2.20. The molecule has 0 bridgehead atoms. The van der Waals surface area contributed by atoms with Gasteiger partial charge in [-0.05, 0) is 53.5 Å². The van der Waals surface area contributed by atoms with Gasteiger partial charge in [-0.2, -0.15) is 0 Å². The fourth-order valence-corrected chi connectivity index (χ4v) is 3.33. The molecule has 96 valence electrons. The van der Waals surface area contributed by atoms with Gasteiger partial charge in [0.15, 0.2) is 0 Å². The van der Waals surface area contributed by atoms with Crippen molar-refractivity contribution < 1.29 is 4.74 Å². The molecule has 2 N–H and O–H groups in total. The predicted octanol–water partition coefficient (Wildman–Crippen LogP) is 4.27. The average Bonchev–Trinajstić information content (AvgIpc) is 2.70. The highest BCUT2D eigenvalue weighted by atomic mass is 79.9. The SMILES string of the molecule is CCOc1ccc(C(N)c2cc(Br)c(C)s2)cc1. The zero-order valence-electron chi connectivity index (χ0n) is 10.4. The zero-order valence-corrected chi connectivity index (χ0v) is 12.8. The third-order valence-corrected chi connectivity index (χ3v) is 4.95. The van der Waals surface area contributed by atoms with Crippen molar-refractivity contribution in [2.45, 2.75) is 19.9 Å². The van der Waals surface area contributed by atoms with Gasteiger partial charge in [-0.3, -0.25) is 0 Å². The fraction of sp³-hybridized carbons (Fsp3) is 0.286. The van der Waals surface area contributed by atoms with E-state index in [2.05, 4.69) is 28.9 Å². The molecule has 0 radical (unpaired) electrons. The minimum atomic E-state index is -0.0734. The van der Waals surface area contributed by atoms with Crippen molar-refractivity contribution in [1.82, 2.24) is 0 Å². The number of benzene rings is 1. The molecule has 1 atom stereocenters. The van der Waals surface area contributed by atoms with Crippen LogP contribution in [-0.4, -0.2) is 6.61 Å². The van der Waals surface area contributed by atoms with Crippen molar-refractivity contribution in [3.05, 3.63) is 50.1 Å². The molecule has 4 heteroatoms. The van der Waals surface area contributed by atoms with E-state index in [1.807, 2.05) is 31.2 Å². The zero-order chi connectivity index (χ0) is 13.1. The number of halogens is 1. The van der Waals surface area contributed by atoms with Crippen LogP contribution in [-0.2, 0) is 0 Å². The Morgan fingerprint density at radius 1 is 1.33 bits per heavy atom. The molecule has 2 aromatic rings. The minimum Gasteiger partial charge on any atom is -0.494 e. The lowest BCUT2D eigenvalue weighted by Gasteiger charge is -2.11. The van der Waals surface area contributed by atoms with Crippen LogP contribution in [0.2, 0.25) is 0 Å². The number of hydrogen-bond acceptors (Lipinski definition) is 3. The van der Waals surface area contributed by atoms with Crippen molar-refractivity contribution >= 4 is 27.3 Å². The Hall–Kier alpha value is -0.840. The lowest BCUT2D eigenvalue weighted by atomic mass is 10.1. The molecule has 0 aliphatic carbocycles. The average molecular weight is 326 g/mol. The molecule has 0 fully saturated rings. The number of aryl methyl sites for hydroxylation is 1. The molecular formula is C14H16BrNOS. The first-order valence-electron chi connectivity index (χ1n) is 5.86. The van der Waals surface area contributed by atoms with Gasteiger partial charge in [0.1, 0.15) is 5.75 Å². The first kappa shape index (κ1) is 13.6. The smallest absolute Gasteiger partial charge is 0.119 e. The summed E-state index contributed by atoms with van der Waals surface area (Å²) in [5, 5.41) is 0. The summed E-state index contributed by atoms with van der Waals surface area (Å²) in [7, 11) is 0. The maximum Gasteiger partial charge on any atom is 0.119 e. The predicted molar refractivity (Wildman–Crippen MR) is 80.4 cm³/mol. The van der Waals surface area contributed by atoms with E-state index in [-0.39, 0.29) is 6.04 Å². The topological polar surface area (TPSA) is 35.2 Å². The molecule has 0 saturated heterocycles. The van der Waals surface area contributed by atoms with Crippen molar-refractivity contribution in [1.29, 1.82) is 0 Å². The summed E-state index contributed by atoms with van der Waals surface area (Å²) in [6, 6.07) is 10.0. The Bertz CT molecular complexity index is 502. The highest BCUT2D eigenvalue weighted by Crippen LogP contribution is 2.32. The molecular weight excluding hydrogens is 310 g/mol. The second-order valence-corrected chi connectivity index (χ2v) is 6.17. The van der Waals surface area contributed by atoms with Crippen LogP contribution in [0.4, 0.5) is 0 Å². The summed E-state index contributed by atoms with van der Waals surface area (Å²) >= 11 is 5.25. The number of thiophene rings is 1. The fourth-order valence-electron chi connectivity index (χ4n) is 1.74. The number of rotatable bonds is 4. The molecule has 1 aromatic heterocycles. The monoisotopic (exact) mass is 325 g/mol. The van der Waals surface area contributed by atoms with Gasteiger partial charge in [0.25, 0.3) is 0 Å². The summed E-state index contributed by atoms with van der Waals surface area (Å²) in [6.45, 7) is 4.75. The van der Waals surface area contributed by atoms with Gasteiger partial charge >= 0.3 is 0 Å². The van der Waals surface area contributed by atoms with Gasteiger partial charge < -0.3 is 10.5 Å². The lowest BCUT2D eigenvalue weighted by molar-refractivity contribution is 0.340. The highest BCUT2D eigenvalue weighted by molar-refractivity contribution is 9.10. The molecule has 0 aliphatic heterocycles. The summed E-state index contributed by atoms with van der Waals surface area (Å²) < 4.78 is 6.55. The van der Waals surface area contributed by atoms with Crippen molar-refractivity contribution in [2.24, 2.45) is 5.73 Å². The van der Waals surface area contributed by atoms with E-state index < -0.39 is 0 Å². The maximum absolute atomic E-state index is 6.27. The normalized spacial score (nSPS) is 12.4. The molecule has 0 spiro atoms. The van der Waals surface area contributed by atoms with Gasteiger partial charge in [-0.15, -0.1) is 11.3 Å². The van der Waals surface area contributed by atoms with E-state index in [1.54, 1.807) is 11.3 Å². The summed E-state index contributed by atoms with van der Waals surface area (Å²) in [6.07, 6.45) is 0. The second kappa shape index (κ2) is 5.87. The third-order valence-electron chi connectivity index (χ3n) is 2.73. The van der Waals surface area contributed by atoms with E-state index in [9.17, 15) is 0 Å². The van der Waals surface area contributed by atoms with Crippen LogP contribution in [0.5, 0.6) is 5.75 Å². The van der Waals surface area contributed by atoms with Crippen molar-refractivity contribution in [3.63, 3.8) is 0 Å². The van der Waals surface area contributed by atoms with Gasteiger partial charge in [0, 0.05) is 14.2 Å². The lowest BCUT2D eigenvalue weighted by Crippen LogP contribution is -2.09. The molecule has 18 heavy (non-hydrogen) atoms. The molecule has 0 amide bonds. The first-order valence-corrected chi connectivity index (χ1v) is 7.47. The van der Waals surface area contributed by atoms with Crippen LogP contribution in [0.1, 0.15) is 28.3 Å². The Labute approximate surface area is 120 Å². The maximum atomic E-state index is 6.27. The largest absolute Gasteiger partial charge is 0.494 e. The molecule has 0 aliphatic rings. The standard InChI is InChI=1S/C14H16BrNOS/c1-3-17-11-6-4-10(5-7-11)14(16)13-8-12(15)9(2)18-13/h4-8,14H,3,16H2,1-2H3. The van der Waals surface area contributed by atoms with Gasteiger partial charge in [-0.1, -0.05) is 12.1 Å². The number of hydrogen-bond donors (Lipinski definition) is 1. The minimum absolute atomic E-state index is 0.0734. The van der Waals surface area contributed by atoms with Gasteiger partial charge in [0.2, 0.25) is 0 Å². The molecule has 0 saturated carbocycles. The quantitative estimate of drug-likeness (QED) is 0.911. The van der Waals surface area contributed by atoms with E-state index in [1.165, 1.54) is 9.75 Å². The Morgan fingerprint density at radius 2 is 2.00 bits per heavy atom. The molecule has 1 heterocycles. The molecule has 1 aromatic carbocycles. The van der Waals surface area contributed by atoms with Crippen molar-refractivity contribution in [2.75, 3.05) is 6.61 Å². The Morgan fingerprint density at radius 3 is 2.50 bits per heavy atom. The second-order valence-electron chi connectivity index (χ2n) is 4.03. The number of nitrogens with two attached hydrogens (primary N) is 1. The summed E-state index contributed by atoms with van der Waals surface area (Å²) in [5.41, 5.74) is 7.38. The third kappa shape index (κ3) is 2.94. The van der Waals surface area contributed by atoms with Gasteiger partial charge in [-0.25, -0.2) is 0 Å². The summed E-state index contributed by atoms with van der Waals surface area (Å²) in [4.78, 5) is 2.43. The summed E-state index contributed by atoms with van der Waals surface area (Å²) in [5.74, 6) is 0.886. The van der Waals surface area contributed by atoms with Crippen molar-refractivity contribution in [3.8, 4) is 5.75 Å². The van der Waals surface area contributed by atoms with E-state index in [0.717, 1.165) is 15.8 Å².